The normalized spacial score (nSPS) is 26.3. The van der Waals surface area contributed by atoms with Crippen molar-refractivity contribution in [3.05, 3.63) is 0 Å². The van der Waals surface area contributed by atoms with Crippen molar-refractivity contribution in [3.8, 4) is 0 Å². The monoisotopic (exact) mass is 332 g/mol. The molecule has 8 heteroatoms. The molecule has 1 heterocycles. The first-order valence-electron chi connectivity index (χ1n) is 7.18. The molecule has 0 bridgehead atoms. The van der Waals surface area contributed by atoms with Gasteiger partial charge in [0.15, 0.2) is 6.29 Å². The summed E-state index contributed by atoms with van der Waals surface area (Å²) in [6.45, 7) is 4.42. The molecule has 1 aliphatic heterocycles. The SMILES string of the molecule is CCCCCCCC1OCC(C)(COS(=O)(=O)[O-])CO1.[Na+]. The molecule has 0 saturated carbocycles. The van der Waals surface area contributed by atoms with Gasteiger partial charge in [-0.2, -0.15) is 0 Å². The van der Waals surface area contributed by atoms with Crippen molar-refractivity contribution >= 4 is 10.4 Å². The minimum absolute atomic E-state index is 0. The molecule has 1 rings (SSSR count). The molecule has 1 fully saturated rings. The van der Waals surface area contributed by atoms with Gasteiger partial charge in [0, 0.05) is 5.41 Å². The molecule has 0 unspecified atom stereocenters. The Balaban J connectivity index is 0.00000400. The Morgan fingerprint density at radius 3 is 2.29 bits per heavy atom. The van der Waals surface area contributed by atoms with Gasteiger partial charge in [0.25, 0.3) is 0 Å². The fraction of sp³-hybridized carbons (Fsp3) is 1.00. The summed E-state index contributed by atoms with van der Waals surface area (Å²) in [6, 6.07) is 0. The molecule has 0 spiro atoms. The zero-order chi connectivity index (χ0) is 15.1. The number of ether oxygens (including phenoxy) is 2. The quantitative estimate of drug-likeness (QED) is 0.238. The Morgan fingerprint density at radius 1 is 1.19 bits per heavy atom. The average Bonchev–Trinajstić information content (AvgIpc) is 2.38. The van der Waals surface area contributed by atoms with Crippen molar-refractivity contribution in [1.29, 1.82) is 0 Å². The van der Waals surface area contributed by atoms with Gasteiger partial charge >= 0.3 is 29.6 Å². The second-order valence-corrected chi connectivity index (χ2v) is 6.79. The van der Waals surface area contributed by atoms with E-state index in [4.69, 9.17) is 9.47 Å². The van der Waals surface area contributed by atoms with Crippen LogP contribution in [0.25, 0.3) is 0 Å². The molecule has 120 valence electrons. The first-order chi connectivity index (χ1) is 9.35. The fourth-order valence-electron chi connectivity index (χ4n) is 2.06. The molecule has 0 atom stereocenters. The first-order valence-corrected chi connectivity index (χ1v) is 8.51. The summed E-state index contributed by atoms with van der Waals surface area (Å²) in [5, 5.41) is 0. The van der Waals surface area contributed by atoms with Gasteiger partial charge in [-0.3, -0.25) is 4.18 Å². The second-order valence-electron chi connectivity index (χ2n) is 5.74. The summed E-state index contributed by atoms with van der Waals surface area (Å²) in [6.07, 6.45) is 6.56. The van der Waals surface area contributed by atoms with Crippen LogP contribution in [0.4, 0.5) is 0 Å². The van der Waals surface area contributed by atoms with E-state index >= 15 is 0 Å². The van der Waals surface area contributed by atoms with Gasteiger partial charge in [0.2, 0.25) is 10.4 Å². The standard InChI is InChI=1S/C13H26O6S.Na/c1-3-4-5-6-7-8-12-17-9-13(2,10-18-12)11-19-20(14,15)16;/h12H,3-11H2,1-2H3,(H,14,15,16);/q;+1/p-1. The molecule has 1 aliphatic rings. The topological polar surface area (TPSA) is 84.9 Å². The molecular weight excluding hydrogens is 307 g/mol. The molecule has 0 aliphatic carbocycles. The summed E-state index contributed by atoms with van der Waals surface area (Å²) < 4.78 is 46.8. The van der Waals surface area contributed by atoms with E-state index in [2.05, 4.69) is 11.1 Å². The molecular formula is C13H25NaO6S. The molecule has 6 nitrogen and oxygen atoms in total. The zero-order valence-corrected chi connectivity index (χ0v) is 16.1. The van der Waals surface area contributed by atoms with Gasteiger partial charge in [-0.1, -0.05) is 39.5 Å². The number of unbranched alkanes of at least 4 members (excludes halogenated alkanes) is 4. The van der Waals surface area contributed by atoms with Crippen molar-refractivity contribution in [1.82, 2.24) is 0 Å². The Bertz CT molecular complexity index is 365. The third-order valence-corrected chi connectivity index (χ3v) is 3.74. The summed E-state index contributed by atoms with van der Waals surface area (Å²) in [5.41, 5.74) is -0.587. The van der Waals surface area contributed by atoms with Gasteiger partial charge in [-0.25, -0.2) is 8.42 Å². The van der Waals surface area contributed by atoms with E-state index in [1.165, 1.54) is 25.7 Å². The minimum atomic E-state index is -4.66. The van der Waals surface area contributed by atoms with E-state index in [9.17, 15) is 13.0 Å². The van der Waals surface area contributed by atoms with E-state index in [1.807, 2.05) is 0 Å². The first kappa shape index (κ1) is 21.8. The summed E-state index contributed by atoms with van der Waals surface area (Å²) in [5.74, 6) is 0. The molecule has 0 radical (unpaired) electrons. The third-order valence-electron chi connectivity index (χ3n) is 3.33. The Kier molecular flexibility index (Phi) is 10.9. The van der Waals surface area contributed by atoms with Crippen molar-refractivity contribution in [2.75, 3.05) is 19.8 Å². The second kappa shape index (κ2) is 10.5. The Labute approximate surface area is 150 Å². The molecule has 1 saturated heterocycles. The van der Waals surface area contributed by atoms with Crippen LogP contribution in [0.2, 0.25) is 0 Å². The third kappa shape index (κ3) is 10.2. The van der Waals surface area contributed by atoms with Gasteiger partial charge in [0.05, 0.1) is 19.8 Å². The largest absolute Gasteiger partial charge is 1.00 e. The van der Waals surface area contributed by atoms with Crippen LogP contribution in [0.15, 0.2) is 0 Å². The molecule has 0 aromatic rings. The minimum Gasteiger partial charge on any atom is -0.726 e. The van der Waals surface area contributed by atoms with Gasteiger partial charge in [-0.15, -0.1) is 0 Å². The molecule has 0 aromatic carbocycles. The zero-order valence-electron chi connectivity index (χ0n) is 13.3. The Hall–Kier alpha value is 0.790. The van der Waals surface area contributed by atoms with Gasteiger partial charge in [0.1, 0.15) is 0 Å². The van der Waals surface area contributed by atoms with E-state index in [0.29, 0.717) is 13.2 Å². The smallest absolute Gasteiger partial charge is 0.726 e. The molecule has 0 N–H and O–H groups in total. The molecule has 0 amide bonds. The summed E-state index contributed by atoms with van der Waals surface area (Å²) in [4.78, 5) is 0. The van der Waals surface area contributed by atoms with Crippen molar-refractivity contribution in [3.63, 3.8) is 0 Å². The van der Waals surface area contributed by atoms with E-state index in [0.717, 1.165) is 12.8 Å². The van der Waals surface area contributed by atoms with Crippen LogP contribution in [0.1, 0.15) is 52.4 Å². The maximum atomic E-state index is 10.4. The predicted octanol–water partition coefficient (Wildman–Crippen LogP) is -0.793. The van der Waals surface area contributed by atoms with Crippen molar-refractivity contribution < 1.29 is 56.2 Å². The van der Waals surface area contributed by atoms with E-state index < -0.39 is 15.8 Å². The van der Waals surface area contributed by atoms with Crippen LogP contribution in [-0.4, -0.2) is 39.1 Å². The van der Waals surface area contributed by atoms with Crippen LogP contribution in [0, 0.1) is 5.41 Å². The molecule has 21 heavy (non-hydrogen) atoms. The average molecular weight is 332 g/mol. The van der Waals surface area contributed by atoms with Crippen LogP contribution < -0.4 is 29.6 Å². The van der Waals surface area contributed by atoms with Crippen molar-refractivity contribution in [2.45, 2.75) is 58.7 Å². The maximum Gasteiger partial charge on any atom is 1.00 e. The van der Waals surface area contributed by atoms with Gasteiger partial charge < -0.3 is 14.0 Å². The van der Waals surface area contributed by atoms with E-state index in [1.54, 1.807) is 6.92 Å². The van der Waals surface area contributed by atoms with Crippen LogP contribution in [0.3, 0.4) is 0 Å². The molecule has 0 aromatic heterocycles. The van der Waals surface area contributed by atoms with E-state index in [-0.39, 0.29) is 42.5 Å². The van der Waals surface area contributed by atoms with Crippen LogP contribution in [-0.2, 0) is 24.1 Å². The number of hydrogen-bond donors (Lipinski definition) is 0. The fourth-order valence-corrected chi connectivity index (χ4v) is 2.49. The van der Waals surface area contributed by atoms with Gasteiger partial charge in [-0.05, 0) is 12.8 Å². The van der Waals surface area contributed by atoms with Crippen LogP contribution in [0.5, 0.6) is 0 Å². The number of hydrogen-bond acceptors (Lipinski definition) is 6. The van der Waals surface area contributed by atoms with Crippen molar-refractivity contribution in [2.24, 2.45) is 5.41 Å². The summed E-state index contributed by atoms with van der Waals surface area (Å²) in [7, 11) is -4.66. The number of rotatable bonds is 9. The summed E-state index contributed by atoms with van der Waals surface area (Å²) >= 11 is 0. The Morgan fingerprint density at radius 2 is 1.76 bits per heavy atom. The van der Waals surface area contributed by atoms with Crippen LogP contribution >= 0.6 is 0 Å². The maximum absolute atomic E-state index is 10.4. The predicted molar refractivity (Wildman–Crippen MR) is 72.8 cm³/mol.